The third kappa shape index (κ3) is 3.92. The van der Waals surface area contributed by atoms with Crippen molar-refractivity contribution >= 4 is 5.95 Å². The second-order valence-electron chi connectivity index (χ2n) is 3.59. The highest BCUT2D eigenvalue weighted by Crippen LogP contribution is 2.35. The number of anilines is 1. The van der Waals surface area contributed by atoms with Gasteiger partial charge in [-0.2, -0.15) is 9.37 Å². The van der Waals surface area contributed by atoms with Crippen molar-refractivity contribution in [1.29, 1.82) is 0 Å². The van der Waals surface area contributed by atoms with Crippen molar-refractivity contribution in [3.8, 4) is 17.4 Å². The van der Waals surface area contributed by atoms with Crippen molar-refractivity contribution in [3.05, 3.63) is 36.3 Å². The highest BCUT2D eigenvalue weighted by Gasteiger charge is 2.32. The van der Waals surface area contributed by atoms with Crippen LogP contribution in [-0.2, 0) is 0 Å². The van der Waals surface area contributed by atoms with Gasteiger partial charge >= 0.3 is 6.36 Å². The molecule has 112 valence electrons. The molecule has 2 rings (SSSR count). The summed E-state index contributed by atoms with van der Waals surface area (Å²) in [7, 11) is 0. The molecule has 1 aromatic carbocycles. The Balaban J connectivity index is 2.31. The lowest BCUT2D eigenvalue weighted by Gasteiger charge is -2.13. The molecule has 21 heavy (non-hydrogen) atoms. The lowest BCUT2D eigenvalue weighted by Crippen LogP contribution is -2.17. The van der Waals surface area contributed by atoms with Gasteiger partial charge in [-0.15, -0.1) is 13.2 Å². The molecule has 1 aromatic heterocycles. The number of para-hydroxylation sites is 2. The monoisotopic (exact) mass is 304 g/mol. The predicted octanol–water partition coefficient (Wildman–Crippen LogP) is 2.59. The second kappa shape index (κ2) is 5.79. The number of hydrazine groups is 1. The van der Waals surface area contributed by atoms with Crippen LogP contribution in [0, 0.1) is 5.82 Å². The van der Waals surface area contributed by atoms with Crippen LogP contribution in [0.5, 0.6) is 17.4 Å². The van der Waals surface area contributed by atoms with Gasteiger partial charge < -0.3 is 9.47 Å². The second-order valence-corrected chi connectivity index (χ2v) is 3.59. The summed E-state index contributed by atoms with van der Waals surface area (Å²) in [5.74, 6) is 2.31. The maximum absolute atomic E-state index is 13.5. The summed E-state index contributed by atoms with van der Waals surface area (Å²) in [6.45, 7) is 0. The van der Waals surface area contributed by atoms with Gasteiger partial charge in [-0.25, -0.2) is 10.8 Å². The minimum absolute atomic E-state index is 0.166. The van der Waals surface area contributed by atoms with Crippen LogP contribution in [0.1, 0.15) is 0 Å². The first-order chi connectivity index (χ1) is 9.89. The van der Waals surface area contributed by atoms with Gasteiger partial charge in [0.1, 0.15) is 0 Å². The highest BCUT2D eigenvalue weighted by molar-refractivity contribution is 5.42. The van der Waals surface area contributed by atoms with Crippen molar-refractivity contribution in [1.82, 2.24) is 9.97 Å². The summed E-state index contributed by atoms with van der Waals surface area (Å²) in [5, 5.41) is 0. The minimum Gasteiger partial charge on any atom is -0.432 e. The van der Waals surface area contributed by atoms with E-state index in [2.05, 4.69) is 20.1 Å². The average molecular weight is 304 g/mol. The SMILES string of the molecule is NNc1ncc(F)c(Oc2ccccc2OC(F)(F)F)n1. The fraction of sp³-hybridized carbons (Fsp3) is 0.0909. The van der Waals surface area contributed by atoms with Crippen LogP contribution in [0.25, 0.3) is 0 Å². The number of nitrogens with zero attached hydrogens (tertiary/aromatic N) is 2. The van der Waals surface area contributed by atoms with Gasteiger partial charge in [0.15, 0.2) is 11.5 Å². The first kappa shape index (κ1) is 14.8. The molecule has 0 amide bonds. The number of hydrogen-bond acceptors (Lipinski definition) is 6. The molecule has 0 aliphatic carbocycles. The number of hydrogen-bond donors (Lipinski definition) is 2. The third-order valence-corrected chi connectivity index (χ3v) is 2.12. The summed E-state index contributed by atoms with van der Waals surface area (Å²) >= 11 is 0. The van der Waals surface area contributed by atoms with E-state index in [9.17, 15) is 17.6 Å². The summed E-state index contributed by atoms with van der Waals surface area (Å²) in [5.41, 5.74) is 2.05. The van der Waals surface area contributed by atoms with Crippen LogP contribution in [0.15, 0.2) is 30.5 Å². The van der Waals surface area contributed by atoms with Crippen LogP contribution in [0.4, 0.5) is 23.5 Å². The van der Waals surface area contributed by atoms with Gasteiger partial charge in [-0.1, -0.05) is 12.1 Å². The molecule has 1 heterocycles. The van der Waals surface area contributed by atoms with Gasteiger partial charge in [0, 0.05) is 0 Å². The van der Waals surface area contributed by atoms with E-state index in [1.165, 1.54) is 12.1 Å². The van der Waals surface area contributed by atoms with E-state index in [1.54, 1.807) is 0 Å². The number of ether oxygens (including phenoxy) is 2. The van der Waals surface area contributed by atoms with E-state index in [0.717, 1.165) is 18.3 Å². The Morgan fingerprint density at radius 2 is 1.81 bits per heavy atom. The van der Waals surface area contributed by atoms with Crippen LogP contribution in [0.2, 0.25) is 0 Å². The molecule has 2 aromatic rings. The fourth-order valence-corrected chi connectivity index (χ4v) is 1.34. The van der Waals surface area contributed by atoms with E-state index in [4.69, 9.17) is 10.6 Å². The van der Waals surface area contributed by atoms with Crippen molar-refractivity contribution in [3.63, 3.8) is 0 Å². The number of nitrogens with two attached hydrogens (primary N) is 1. The molecule has 0 fully saturated rings. The number of benzene rings is 1. The molecule has 10 heteroatoms. The Morgan fingerprint density at radius 3 is 2.43 bits per heavy atom. The van der Waals surface area contributed by atoms with Crippen LogP contribution >= 0.6 is 0 Å². The molecule has 0 aliphatic rings. The van der Waals surface area contributed by atoms with E-state index < -0.39 is 23.8 Å². The van der Waals surface area contributed by atoms with Crippen molar-refractivity contribution in [2.24, 2.45) is 5.84 Å². The van der Waals surface area contributed by atoms with Gasteiger partial charge in [-0.05, 0) is 12.1 Å². The number of aromatic nitrogens is 2. The summed E-state index contributed by atoms with van der Waals surface area (Å²) < 4.78 is 59.0. The standard InChI is InChI=1S/C11H8F4N4O2/c12-6-5-17-10(19-16)18-9(6)20-7-3-1-2-4-8(7)21-11(13,14)15/h1-5H,16H2,(H,17,18,19). The zero-order valence-corrected chi connectivity index (χ0v) is 10.2. The van der Waals surface area contributed by atoms with Crippen molar-refractivity contribution < 1.29 is 27.0 Å². The Bertz CT molecular complexity index is 636. The summed E-state index contributed by atoms with van der Waals surface area (Å²) in [6.07, 6.45) is -4.15. The molecular weight excluding hydrogens is 296 g/mol. The van der Waals surface area contributed by atoms with Gasteiger partial charge in [0.2, 0.25) is 11.8 Å². The van der Waals surface area contributed by atoms with Crippen LogP contribution in [0.3, 0.4) is 0 Å². The lowest BCUT2D eigenvalue weighted by molar-refractivity contribution is -0.275. The molecule has 6 nitrogen and oxygen atoms in total. The highest BCUT2D eigenvalue weighted by atomic mass is 19.4. The largest absolute Gasteiger partial charge is 0.573 e. The van der Waals surface area contributed by atoms with Crippen LogP contribution < -0.4 is 20.7 Å². The fourth-order valence-electron chi connectivity index (χ4n) is 1.34. The number of rotatable bonds is 4. The molecule has 0 atom stereocenters. The normalized spacial score (nSPS) is 11.1. The maximum Gasteiger partial charge on any atom is 0.573 e. The molecular formula is C11H8F4N4O2. The molecule has 0 bridgehead atoms. The van der Waals surface area contributed by atoms with E-state index in [-0.39, 0.29) is 11.7 Å². The molecule has 0 radical (unpaired) electrons. The van der Waals surface area contributed by atoms with Crippen molar-refractivity contribution in [2.45, 2.75) is 6.36 Å². The number of alkyl halides is 3. The van der Waals surface area contributed by atoms with E-state index in [1.807, 2.05) is 0 Å². The average Bonchev–Trinajstić information content (AvgIpc) is 2.42. The molecule has 0 spiro atoms. The minimum atomic E-state index is -4.91. The maximum atomic E-state index is 13.5. The summed E-state index contributed by atoms with van der Waals surface area (Å²) in [4.78, 5) is 7.01. The first-order valence-electron chi connectivity index (χ1n) is 5.41. The smallest absolute Gasteiger partial charge is 0.432 e. The predicted molar refractivity (Wildman–Crippen MR) is 63.0 cm³/mol. The lowest BCUT2D eigenvalue weighted by atomic mass is 10.3. The van der Waals surface area contributed by atoms with Gasteiger partial charge in [0.25, 0.3) is 5.88 Å². The van der Waals surface area contributed by atoms with Crippen LogP contribution in [-0.4, -0.2) is 16.3 Å². The topological polar surface area (TPSA) is 82.3 Å². The number of nitrogen functional groups attached to an aromatic ring is 1. The Hall–Kier alpha value is -2.62. The first-order valence-corrected chi connectivity index (χ1v) is 5.41. The quantitative estimate of drug-likeness (QED) is 0.513. The zero-order valence-electron chi connectivity index (χ0n) is 10.2. The van der Waals surface area contributed by atoms with Gasteiger partial charge in [-0.3, -0.25) is 5.43 Å². The van der Waals surface area contributed by atoms with E-state index in [0.29, 0.717) is 0 Å². The number of nitrogens with one attached hydrogen (secondary N) is 1. The number of halogens is 4. The van der Waals surface area contributed by atoms with Crippen molar-refractivity contribution in [2.75, 3.05) is 5.43 Å². The molecule has 0 saturated carbocycles. The zero-order chi connectivity index (χ0) is 15.5. The molecule has 0 saturated heterocycles. The Morgan fingerprint density at radius 1 is 1.14 bits per heavy atom. The third-order valence-electron chi connectivity index (χ3n) is 2.12. The van der Waals surface area contributed by atoms with Gasteiger partial charge in [0.05, 0.1) is 6.20 Å². The Labute approximate surface area is 115 Å². The Kier molecular flexibility index (Phi) is 4.08. The van der Waals surface area contributed by atoms with E-state index >= 15 is 0 Å². The molecule has 0 aliphatic heterocycles. The molecule has 3 N–H and O–H groups in total. The molecule has 0 unspecified atom stereocenters. The summed E-state index contributed by atoms with van der Waals surface area (Å²) in [6, 6.07) is 4.87.